The van der Waals surface area contributed by atoms with E-state index in [1.807, 2.05) is 0 Å². The van der Waals surface area contributed by atoms with Crippen LogP contribution in [0.15, 0.2) is 0 Å². The van der Waals surface area contributed by atoms with E-state index < -0.39 is 5.92 Å². The molecule has 2 fully saturated rings. The fraction of sp³-hybridized carbons (Fsp3) is 1.00. The molecule has 2 rings (SSSR count). The van der Waals surface area contributed by atoms with Crippen LogP contribution in [-0.4, -0.2) is 30.0 Å². The first kappa shape index (κ1) is 11.3. The quantitative estimate of drug-likeness (QED) is 0.651. The van der Waals surface area contributed by atoms with Gasteiger partial charge in [0.1, 0.15) is 0 Å². The van der Waals surface area contributed by atoms with Crippen molar-refractivity contribution in [3.63, 3.8) is 0 Å². The standard InChI is InChI=1S/C12H21F2N/c1-10(2)15-8-7-11(9-15)3-5-12(13,14)6-4-11/h10H,3-9H2,1-2H3. The van der Waals surface area contributed by atoms with E-state index in [2.05, 4.69) is 18.7 Å². The topological polar surface area (TPSA) is 3.24 Å². The summed E-state index contributed by atoms with van der Waals surface area (Å²) < 4.78 is 26.2. The number of hydrogen-bond acceptors (Lipinski definition) is 1. The van der Waals surface area contributed by atoms with Crippen LogP contribution in [0, 0.1) is 5.41 Å². The molecule has 88 valence electrons. The van der Waals surface area contributed by atoms with E-state index in [9.17, 15) is 8.78 Å². The van der Waals surface area contributed by atoms with Crippen molar-refractivity contribution in [1.82, 2.24) is 4.90 Å². The lowest BCUT2D eigenvalue weighted by Crippen LogP contribution is -2.37. The van der Waals surface area contributed by atoms with Gasteiger partial charge in [-0.1, -0.05) is 0 Å². The lowest BCUT2D eigenvalue weighted by atomic mass is 9.72. The van der Waals surface area contributed by atoms with Gasteiger partial charge in [-0.3, -0.25) is 0 Å². The molecule has 1 spiro atoms. The second-order valence-electron chi connectivity index (χ2n) is 5.67. The number of alkyl halides is 2. The van der Waals surface area contributed by atoms with E-state index in [0.717, 1.165) is 32.4 Å². The van der Waals surface area contributed by atoms with E-state index in [1.165, 1.54) is 0 Å². The van der Waals surface area contributed by atoms with Gasteiger partial charge < -0.3 is 4.90 Å². The van der Waals surface area contributed by atoms with Gasteiger partial charge in [0.05, 0.1) is 0 Å². The third-order valence-electron chi connectivity index (χ3n) is 4.24. The molecule has 0 atom stereocenters. The lowest BCUT2D eigenvalue weighted by Gasteiger charge is -2.37. The largest absolute Gasteiger partial charge is 0.300 e. The maximum absolute atomic E-state index is 13.1. The molecule has 1 saturated heterocycles. The Balaban J connectivity index is 1.95. The minimum absolute atomic E-state index is 0.110. The molecule has 0 aromatic rings. The highest BCUT2D eigenvalue weighted by Gasteiger charge is 2.46. The molecule has 0 aromatic carbocycles. The zero-order valence-corrected chi connectivity index (χ0v) is 9.73. The molecule has 1 saturated carbocycles. The summed E-state index contributed by atoms with van der Waals surface area (Å²) in [5.74, 6) is -2.38. The molecular weight excluding hydrogens is 196 g/mol. The van der Waals surface area contributed by atoms with E-state index >= 15 is 0 Å². The molecule has 0 aromatic heterocycles. The van der Waals surface area contributed by atoms with Crippen molar-refractivity contribution >= 4 is 0 Å². The molecule has 3 heteroatoms. The van der Waals surface area contributed by atoms with Crippen molar-refractivity contribution in [2.45, 2.75) is 57.9 Å². The molecule has 0 amide bonds. The van der Waals surface area contributed by atoms with Crippen LogP contribution in [-0.2, 0) is 0 Å². The molecule has 0 bridgehead atoms. The Bertz CT molecular complexity index is 228. The third-order valence-corrected chi connectivity index (χ3v) is 4.24. The predicted molar refractivity (Wildman–Crippen MR) is 57.2 cm³/mol. The van der Waals surface area contributed by atoms with Crippen LogP contribution in [0.25, 0.3) is 0 Å². The first-order chi connectivity index (χ1) is 6.93. The van der Waals surface area contributed by atoms with E-state index in [4.69, 9.17) is 0 Å². The van der Waals surface area contributed by atoms with Gasteiger partial charge in [-0.2, -0.15) is 0 Å². The third kappa shape index (κ3) is 2.32. The summed E-state index contributed by atoms with van der Waals surface area (Å²) in [6.45, 7) is 6.52. The molecule has 0 N–H and O–H groups in total. The van der Waals surface area contributed by atoms with Gasteiger partial charge in [0.2, 0.25) is 5.92 Å². The summed E-state index contributed by atoms with van der Waals surface area (Å²) in [6.07, 6.45) is 2.80. The average molecular weight is 217 g/mol. The van der Waals surface area contributed by atoms with E-state index in [0.29, 0.717) is 6.04 Å². The number of hydrogen-bond donors (Lipinski definition) is 0. The molecule has 15 heavy (non-hydrogen) atoms. The summed E-state index contributed by atoms with van der Waals surface area (Å²) in [5.41, 5.74) is 0.228. The highest BCUT2D eigenvalue weighted by atomic mass is 19.3. The van der Waals surface area contributed by atoms with Crippen LogP contribution >= 0.6 is 0 Å². The first-order valence-corrected chi connectivity index (χ1v) is 6.04. The summed E-state index contributed by atoms with van der Waals surface area (Å²) in [7, 11) is 0. The second kappa shape index (κ2) is 3.69. The summed E-state index contributed by atoms with van der Waals surface area (Å²) in [4.78, 5) is 2.43. The normalized spacial score (nSPS) is 30.2. The van der Waals surface area contributed by atoms with Crippen LogP contribution in [0.2, 0.25) is 0 Å². The average Bonchev–Trinajstić information content (AvgIpc) is 2.56. The van der Waals surface area contributed by atoms with Gasteiger partial charge in [0, 0.05) is 25.4 Å². The lowest BCUT2D eigenvalue weighted by molar-refractivity contribution is -0.0651. The Morgan fingerprint density at radius 2 is 1.60 bits per heavy atom. The van der Waals surface area contributed by atoms with Gasteiger partial charge in [0.15, 0.2) is 0 Å². The highest BCUT2D eigenvalue weighted by Crippen LogP contribution is 2.48. The molecule has 0 radical (unpaired) electrons. The molecule has 1 heterocycles. The van der Waals surface area contributed by atoms with E-state index in [1.54, 1.807) is 0 Å². The number of likely N-dealkylation sites (tertiary alicyclic amines) is 1. The van der Waals surface area contributed by atoms with E-state index in [-0.39, 0.29) is 18.3 Å². The minimum atomic E-state index is -2.38. The minimum Gasteiger partial charge on any atom is -0.300 e. The van der Waals surface area contributed by atoms with Gasteiger partial charge in [0.25, 0.3) is 0 Å². The molecule has 1 aliphatic carbocycles. The molecule has 0 unspecified atom stereocenters. The van der Waals surface area contributed by atoms with Crippen LogP contribution in [0.3, 0.4) is 0 Å². The number of rotatable bonds is 1. The van der Waals surface area contributed by atoms with Gasteiger partial charge >= 0.3 is 0 Å². The van der Waals surface area contributed by atoms with Crippen LogP contribution < -0.4 is 0 Å². The number of nitrogens with zero attached hydrogens (tertiary/aromatic N) is 1. The fourth-order valence-corrected chi connectivity index (χ4v) is 2.96. The van der Waals surface area contributed by atoms with Gasteiger partial charge in [-0.25, -0.2) is 8.78 Å². The van der Waals surface area contributed by atoms with Crippen molar-refractivity contribution < 1.29 is 8.78 Å². The van der Waals surface area contributed by atoms with Crippen LogP contribution in [0.5, 0.6) is 0 Å². The maximum Gasteiger partial charge on any atom is 0.248 e. The monoisotopic (exact) mass is 217 g/mol. The second-order valence-corrected chi connectivity index (χ2v) is 5.67. The smallest absolute Gasteiger partial charge is 0.248 e. The summed E-state index contributed by atoms with van der Waals surface area (Å²) >= 11 is 0. The van der Waals surface area contributed by atoms with Crippen molar-refractivity contribution in [3.8, 4) is 0 Å². The fourth-order valence-electron chi connectivity index (χ4n) is 2.96. The Labute approximate surface area is 90.8 Å². The summed E-state index contributed by atoms with van der Waals surface area (Å²) in [6, 6.07) is 0.562. The Morgan fingerprint density at radius 1 is 1.00 bits per heavy atom. The molecule has 1 aliphatic heterocycles. The Morgan fingerprint density at radius 3 is 2.07 bits per heavy atom. The zero-order chi connectivity index (χ0) is 11.1. The Hall–Kier alpha value is -0.180. The Kier molecular flexibility index (Phi) is 2.78. The SMILES string of the molecule is CC(C)N1CCC2(CCC(F)(F)CC2)C1. The van der Waals surface area contributed by atoms with Crippen LogP contribution in [0.1, 0.15) is 46.0 Å². The zero-order valence-electron chi connectivity index (χ0n) is 9.73. The van der Waals surface area contributed by atoms with Crippen molar-refractivity contribution in [2.75, 3.05) is 13.1 Å². The van der Waals surface area contributed by atoms with Gasteiger partial charge in [-0.05, 0) is 45.1 Å². The summed E-state index contributed by atoms with van der Waals surface area (Å²) in [5, 5.41) is 0. The van der Waals surface area contributed by atoms with Crippen molar-refractivity contribution in [2.24, 2.45) is 5.41 Å². The van der Waals surface area contributed by atoms with Crippen LogP contribution in [0.4, 0.5) is 8.78 Å². The highest BCUT2D eigenvalue weighted by molar-refractivity contribution is 4.95. The van der Waals surface area contributed by atoms with Crippen molar-refractivity contribution in [1.29, 1.82) is 0 Å². The van der Waals surface area contributed by atoms with Gasteiger partial charge in [-0.15, -0.1) is 0 Å². The first-order valence-electron chi connectivity index (χ1n) is 6.04. The predicted octanol–water partition coefficient (Wildman–Crippen LogP) is 3.30. The number of halogens is 2. The molecule has 1 nitrogen and oxygen atoms in total. The maximum atomic E-state index is 13.1. The van der Waals surface area contributed by atoms with Crippen molar-refractivity contribution in [3.05, 3.63) is 0 Å². The molecular formula is C12H21F2N. The molecule has 2 aliphatic rings.